The Morgan fingerprint density at radius 3 is 2.70 bits per heavy atom. The maximum absolute atomic E-state index is 13.2. The van der Waals surface area contributed by atoms with Crippen molar-refractivity contribution in [3.63, 3.8) is 0 Å². The number of hydrogen-bond donors (Lipinski definition) is 0. The van der Waals surface area contributed by atoms with Crippen molar-refractivity contribution in [2.24, 2.45) is 0 Å². The zero-order valence-electron chi connectivity index (χ0n) is 14.2. The molecule has 1 aromatic heterocycles. The Balaban J connectivity index is 1.70. The number of benzene rings is 2. The van der Waals surface area contributed by atoms with E-state index in [1.807, 2.05) is 28.8 Å². The van der Waals surface area contributed by atoms with E-state index in [1.165, 1.54) is 23.9 Å². The molecule has 140 valence electrons. The molecule has 4 nitrogen and oxygen atoms in total. The van der Waals surface area contributed by atoms with E-state index in [9.17, 15) is 4.39 Å². The highest BCUT2D eigenvalue weighted by molar-refractivity contribution is 9.10. The van der Waals surface area contributed by atoms with Crippen LogP contribution in [0.5, 0.6) is 5.75 Å². The number of aromatic nitrogens is 3. The van der Waals surface area contributed by atoms with Crippen molar-refractivity contribution >= 4 is 39.3 Å². The molecule has 0 N–H and O–H groups in total. The molecular formula is C19H16BrClFN3OS. The van der Waals surface area contributed by atoms with E-state index in [2.05, 4.69) is 32.7 Å². The molecule has 0 amide bonds. The molecule has 3 aromatic rings. The molecule has 0 unspecified atom stereocenters. The Morgan fingerprint density at radius 1 is 1.22 bits per heavy atom. The summed E-state index contributed by atoms with van der Waals surface area (Å²) in [6.07, 6.45) is 1.78. The predicted octanol–water partition coefficient (Wildman–Crippen LogP) is 5.89. The van der Waals surface area contributed by atoms with Gasteiger partial charge >= 0.3 is 0 Å². The van der Waals surface area contributed by atoms with Crippen LogP contribution < -0.4 is 4.74 Å². The molecule has 0 saturated carbocycles. The molecule has 0 aliphatic carbocycles. The lowest BCUT2D eigenvalue weighted by Crippen LogP contribution is -2.07. The quantitative estimate of drug-likeness (QED) is 0.305. The number of thioether (sulfide) groups is 1. The highest BCUT2D eigenvalue weighted by atomic mass is 79.9. The van der Waals surface area contributed by atoms with Crippen LogP contribution in [0.4, 0.5) is 4.39 Å². The Bertz CT molecular complexity index is 933. The van der Waals surface area contributed by atoms with Crippen LogP contribution in [-0.2, 0) is 18.9 Å². The van der Waals surface area contributed by atoms with Crippen molar-refractivity contribution in [3.05, 3.63) is 81.8 Å². The lowest BCUT2D eigenvalue weighted by molar-refractivity contribution is 0.289. The molecule has 0 saturated heterocycles. The van der Waals surface area contributed by atoms with Gasteiger partial charge in [0.2, 0.25) is 0 Å². The zero-order chi connectivity index (χ0) is 19.2. The zero-order valence-corrected chi connectivity index (χ0v) is 17.4. The number of ether oxygens (including phenoxy) is 1. The smallest absolute Gasteiger partial charge is 0.191 e. The van der Waals surface area contributed by atoms with Gasteiger partial charge in [-0.2, -0.15) is 0 Å². The van der Waals surface area contributed by atoms with Gasteiger partial charge in [-0.3, -0.25) is 4.57 Å². The number of nitrogens with zero attached hydrogens (tertiary/aromatic N) is 3. The topological polar surface area (TPSA) is 39.9 Å². The summed E-state index contributed by atoms with van der Waals surface area (Å²) in [6.45, 7) is 4.65. The van der Waals surface area contributed by atoms with E-state index in [-0.39, 0.29) is 5.82 Å². The molecule has 8 heteroatoms. The van der Waals surface area contributed by atoms with Crippen LogP contribution in [0.2, 0.25) is 5.02 Å². The monoisotopic (exact) mass is 467 g/mol. The first-order chi connectivity index (χ1) is 13.1. The number of allylic oxidation sites excluding steroid dienone is 1. The van der Waals surface area contributed by atoms with E-state index in [0.29, 0.717) is 29.8 Å². The first-order valence-electron chi connectivity index (χ1n) is 8.05. The fourth-order valence-electron chi connectivity index (χ4n) is 2.30. The van der Waals surface area contributed by atoms with Crippen LogP contribution in [0.1, 0.15) is 11.4 Å². The third-order valence-electron chi connectivity index (χ3n) is 3.66. The minimum absolute atomic E-state index is 0.292. The highest BCUT2D eigenvalue weighted by Gasteiger charge is 2.13. The SMILES string of the molecule is C=CCn1c(COc2ccc(Br)cc2)nnc1SCc1ccc(F)cc1Cl. The van der Waals surface area contributed by atoms with Crippen LogP contribution in [-0.4, -0.2) is 14.8 Å². The van der Waals surface area contributed by atoms with E-state index in [4.69, 9.17) is 16.3 Å². The summed E-state index contributed by atoms with van der Waals surface area (Å²) in [5.74, 6) is 1.65. The fraction of sp³-hybridized carbons (Fsp3) is 0.158. The molecule has 0 aliphatic heterocycles. The lowest BCUT2D eigenvalue weighted by Gasteiger charge is -2.09. The fourth-order valence-corrected chi connectivity index (χ4v) is 3.85. The third-order valence-corrected chi connectivity index (χ3v) is 5.55. The largest absolute Gasteiger partial charge is 0.486 e. The van der Waals surface area contributed by atoms with Crippen LogP contribution >= 0.6 is 39.3 Å². The highest BCUT2D eigenvalue weighted by Crippen LogP contribution is 2.27. The van der Waals surface area contributed by atoms with Gasteiger partial charge in [-0.15, -0.1) is 16.8 Å². The summed E-state index contributed by atoms with van der Waals surface area (Å²) in [5.41, 5.74) is 0.837. The summed E-state index contributed by atoms with van der Waals surface area (Å²) in [6, 6.07) is 12.0. The third kappa shape index (κ3) is 5.34. The Labute approximate surface area is 174 Å². The van der Waals surface area contributed by atoms with E-state index >= 15 is 0 Å². The van der Waals surface area contributed by atoms with Gasteiger partial charge in [-0.25, -0.2) is 4.39 Å². The molecular weight excluding hydrogens is 453 g/mol. The van der Waals surface area contributed by atoms with Gasteiger partial charge in [0, 0.05) is 21.8 Å². The molecule has 0 atom stereocenters. The van der Waals surface area contributed by atoms with Gasteiger partial charge < -0.3 is 4.74 Å². The van der Waals surface area contributed by atoms with E-state index in [0.717, 1.165) is 20.9 Å². The summed E-state index contributed by atoms with van der Waals surface area (Å²) >= 11 is 11.0. The predicted molar refractivity (Wildman–Crippen MR) is 110 cm³/mol. The molecule has 0 radical (unpaired) electrons. The second-order valence-electron chi connectivity index (χ2n) is 5.57. The van der Waals surface area contributed by atoms with Crippen LogP contribution in [0.15, 0.2) is 64.7 Å². The van der Waals surface area contributed by atoms with Gasteiger partial charge in [-0.05, 0) is 42.0 Å². The minimum atomic E-state index is -0.351. The molecule has 27 heavy (non-hydrogen) atoms. The average molecular weight is 469 g/mol. The Morgan fingerprint density at radius 2 is 2.00 bits per heavy atom. The summed E-state index contributed by atoms with van der Waals surface area (Å²) < 4.78 is 21.9. The van der Waals surface area contributed by atoms with E-state index < -0.39 is 0 Å². The maximum Gasteiger partial charge on any atom is 0.191 e. The van der Waals surface area contributed by atoms with Crippen molar-refractivity contribution in [3.8, 4) is 5.75 Å². The Kier molecular flexibility index (Phi) is 6.93. The summed E-state index contributed by atoms with van der Waals surface area (Å²) in [7, 11) is 0. The molecule has 0 fully saturated rings. The lowest BCUT2D eigenvalue weighted by atomic mass is 10.2. The van der Waals surface area contributed by atoms with Gasteiger partial charge in [0.1, 0.15) is 18.2 Å². The van der Waals surface area contributed by atoms with Gasteiger partial charge in [0.05, 0.1) is 0 Å². The van der Waals surface area contributed by atoms with Crippen molar-refractivity contribution in [2.75, 3.05) is 0 Å². The molecule has 0 aliphatic rings. The number of rotatable bonds is 8. The van der Waals surface area contributed by atoms with Gasteiger partial charge in [0.15, 0.2) is 11.0 Å². The van der Waals surface area contributed by atoms with Crippen molar-refractivity contribution < 1.29 is 9.13 Å². The molecule has 1 heterocycles. The molecule has 2 aromatic carbocycles. The number of hydrogen-bond acceptors (Lipinski definition) is 4. The van der Waals surface area contributed by atoms with Crippen LogP contribution in [0.25, 0.3) is 0 Å². The number of halogens is 3. The maximum atomic E-state index is 13.2. The molecule has 3 rings (SSSR count). The molecule has 0 spiro atoms. The standard InChI is InChI=1S/C19H16BrClFN3OS/c1-2-9-25-18(11-26-16-7-4-14(20)5-8-16)23-24-19(25)27-12-13-3-6-15(22)10-17(13)21/h2-8,10H,1,9,11-12H2. The van der Waals surface area contributed by atoms with Gasteiger partial charge in [-0.1, -0.05) is 51.4 Å². The average Bonchev–Trinajstić information content (AvgIpc) is 3.03. The first-order valence-corrected chi connectivity index (χ1v) is 10.2. The summed E-state index contributed by atoms with van der Waals surface area (Å²) in [5, 5.41) is 9.61. The molecule has 0 bridgehead atoms. The van der Waals surface area contributed by atoms with Crippen molar-refractivity contribution in [1.82, 2.24) is 14.8 Å². The normalized spacial score (nSPS) is 10.8. The van der Waals surface area contributed by atoms with E-state index in [1.54, 1.807) is 12.1 Å². The van der Waals surface area contributed by atoms with Gasteiger partial charge in [0.25, 0.3) is 0 Å². The second-order valence-corrected chi connectivity index (χ2v) is 7.83. The summed E-state index contributed by atoms with van der Waals surface area (Å²) in [4.78, 5) is 0. The van der Waals surface area contributed by atoms with Crippen molar-refractivity contribution in [2.45, 2.75) is 24.1 Å². The van der Waals surface area contributed by atoms with Crippen molar-refractivity contribution in [1.29, 1.82) is 0 Å². The Hall–Kier alpha value is -1.83. The van der Waals surface area contributed by atoms with Crippen LogP contribution in [0.3, 0.4) is 0 Å². The second kappa shape index (κ2) is 9.39. The minimum Gasteiger partial charge on any atom is -0.486 e. The first kappa shape index (κ1) is 19.9. The van der Waals surface area contributed by atoms with Crippen LogP contribution in [0, 0.1) is 5.82 Å².